The Labute approximate surface area is 386 Å². The number of nitrogens with one attached hydrogen (secondary N) is 1. The molecule has 0 spiro atoms. The summed E-state index contributed by atoms with van der Waals surface area (Å²) in [6, 6.07) is 2.17. The molecule has 6 heterocycles. The molecule has 0 bridgehead atoms. The smallest absolute Gasteiger partial charge is 0.410 e. The average molecular weight is 968 g/mol. The molecule has 0 aromatic carbocycles. The number of likely N-dealkylation sites (N-methyl/N-ethyl adjacent to an activating group) is 1. The van der Waals surface area contributed by atoms with E-state index >= 15 is 0 Å². The number of hydrogen-bond donors (Lipinski definition) is 7. The number of carbonyl (C=O) groups is 7. The molecule has 29 heteroatoms. The van der Waals surface area contributed by atoms with E-state index in [-0.39, 0.29) is 58.4 Å². The van der Waals surface area contributed by atoms with E-state index in [0.29, 0.717) is 44.4 Å². The van der Waals surface area contributed by atoms with Crippen LogP contribution < -0.4 is 54.4 Å². The topological polar surface area (TPSA) is 390 Å². The summed E-state index contributed by atoms with van der Waals surface area (Å²) in [5.41, 5.74) is 31.1. The summed E-state index contributed by atoms with van der Waals surface area (Å²) in [5, 5.41) is 2.67. The number of rotatable bonds is 9. The predicted octanol–water partition coefficient (Wildman–Crippen LogP) is -2.53. The van der Waals surface area contributed by atoms with E-state index in [2.05, 4.69) is 35.2 Å². The van der Waals surface area contributed by atoms with Gasteiger partial charge in [0.15, 0.2) is 0 Å². The van der Waals surface area contributed by atoms with E-state index in [0.717, 1.165) is 6.54 Å². The lowest BCUT2D eigenvalue weighted by molar-refractivity contribution is -0.121. The lowest BCUT2D eigenvalue weighted by Crippen LogP contribution is -2.60. The fraction of sp³-hybridized carbons (Fsp3) is 0.472. The van der Waals surface area contributed by atoms with E-state index < -0.39 is 65.3 Å². The monoisotopic (exact) mass is 966 g/mol. The van der Waals surface area contributed by atoms with Crippen LogP contribution in [-0.2, 0) is 19.1 Å². The number of anilines is 3. The molecule has 26 nitrogen and oxygen atoms in total. The summed E-state index contributed by atoms with van der Waals surface area (Å²) in [6.07, 6.45) is -0.540. The van der Waals surface area contributed by atoms with E-state index in [1.165, 1.54) is 23.1 Å². The number of ether oxygens (including phenoxy) is 1. The van der Waals surface area contributed by atoms with Crippen molar-refractivity contribution in [3.63, 3.8) is 0 Å². The normalized spacial score (nSPS) is 18.8. The van der Waals surface area contributed by atoms with Crippen molar-refractivity contribution in [2.75, 3.05) is 80.7 Å². The third-order valence-electron chi connectivity index (χ3n) is 9.54. The SMILES string of the molecule is CC(C)(C)OC(=O)N1CCN(c2cc(C(N)=O)nc(Cl)n2)C(C(N)=O)C1.CN1CCN(c2cc(C(N)=O)nc(Cl)n2)C(C(N)=O)C1.NC(=O)c1cc(N2CCNCC2C(N)=O)nc(Cl)n1. The van der Waals surface area contributed by atoms with Crippen molar-refractivity contribution in [1.82, 2.24) is 45.0 Å². The molecule has 3 aliphatic rings. The van der Waals surface area contributed by atoms with Crippen molar-refractivity contribution in [3.8, 4) is 0 Å². The standard InChI is InChI=1S/C15H21ClN6O4.C11H15ClN6O2.C10H13ClN6O2/c1-15(2,3)26-14(25)21-4-5-22(9(7-21)12(18)24)10-6-8(11(17)23)19-13(16)20-10;1-17-2-3-18(7(5-17)10(14)20)8-4-6(9(13)19)15-11(12)16-8;11-10-15-5(8(12)18)3-7(16-10)17-2-1-14-4-6(17)9(13)19/h6,9H,4-5,7H2,1-3H3,(H2,17,23)(H2,18,24);4,7H,2-3,5H2,1H3,(H2,13,19)(H2,14,20);3,6,14H,1-2,4H2,(H2,12,18)(H2,13,19). The molecule has 3 atom stereocenters. The number of amides is 7. The Kier molecular flexibility index (Phi) is 17.3. The maximum atomic E-state index is 12.2. The highest BCUT2D eigenvalue weighted by atomic mass is 35.5. The number of carbonyl (C=O) groups excluding carboxylic acids is 7. The summed E-state index contributed by atoms with van der Waals surface area (Å²) in [7, 11) is 1.90. The van der Waals surface area contributed by atoms with Crippen molar-refractivity contribution in [3.05, 3.63) is 51.1 Å². The first-order valence-electron chi connectivity index (χ1n) is 19.4. The highest BCUT2D eigenvalue weighted by molar-refractivity contribution is 6.29. The van der Waals surface area contributed by atoms with Gasteiger partial charge >= 0.3 is 6.09 Å². The van der Waals surface area contributed by atoms with Crippen LogP contribution in [0.3, 0.4) is 0 Å². The summed E-state index contributed by atoms with van der Waals surface area (Å²) in [5.74, 6) is -2.85. The van der Waals surface area contributed by atoms with Gasteiger partial charge in [-0.15, -0.1) is 0 Å². The second-order valence-corrected chi connectivity index (χ2v) is 16.5. The van der Waals surface area contributed by atoms with Gasteiger partial charge in [0.1, 0.15) is 58.3 Å². The molecule has 3 aromatic heterocycles. The van der Waals surface area contributed by atoms with Crippen molar-refractivity contribution in [2.24, 2.45) is 34.4 Å². The minimum Gasteiger partial charge on any atom is -0.444 e. The van der Waals surface area contributed by atoms with Crippen LogP contribution in [0.2, 0.25) is 15.9 Å². The zero-order valence-electron chi connectivity index (χ0n) is 35.6. The molecule has 13 N–H and O–H groups in total. The number of piperazine rings is 3. The van der Waals surface area contributed by atoms with Crippen molar-refractivity contribution in [1.29, 1.82) is 0 Å². The largest absolute Gasteiger partial charge is 0.444 e. The predicted molar refractivity (Wildman–Crippen MR) is 236 cm³/mol. The molecule has 352 valence electrons. The van der Waals surface area contributed by atoms with Gasteiger partial charge in [-0.05, 0) is 62.6 Å². The third-order valence-corrected chi connectivity index (χ3v) is 10.0. The molecule has 7 amide bonds. The second kappa shape index (κ2) is 21.9. The molecule has 3 aromatic rings. The molecule has 3 aliphatic heterocycles. The maximum Gasteiger partial charge on any atom is 0.410 e. The number of aromatic nitrogens is 6. The van der Waals surface area contributed by atoms with Crippen LogP contribution in [-0.4, -0.2) is 171 Å². The van der Waals surface area contributed by atoms with Gasteiger partial charge in [-0.3, -0.25) is 28.8 Å². The quantitative estimate of drug-likeness (QED) is 0.109. The summed E-state index contributed by atoms with van der Waals surface area (Å²) < 4.78 is 5.32. The number of nitrogens with zero attached hydrogens (tertiary/aromatic N) is 11. The Morgan fingerprint density at radius 3 is 1.35 bits per heavy atom. The number of nitrogens with two attached hydrogens (primary N) is 6. The molecule has 3 unspecified atom stereocenters. The second-order valence-electron chi connectivity index (χ2n) is 15.5. The van der Waals surface area contributed by atoms with Crippen LogP contribution in [0.1, 0.15) is 52.2 Å². The summed E-state index contributed by atoms with van der Waals surface area (Å²) in [4.78, 5) is 113. The molecule has 3 fully saturated rings. The van der Waals surface area contributed by atoms with E-state index in [1.807, 2.05) is 11.9 Å². The van der Waals surface area contributed by atoms with Crippen LogP contribution >= 0.6 is 34.8 Å². The average Bonchev–Trinajstić information content (AvgIpc) is 3.22. The van der Waals surface area contributed by atoms with Crippen molar-refractivity contribution < 1.29 is 38.3 Å². The lowest BCUT2D eigenvalue weighted by atomic mass is 10.1. The number of primary amides is 6. The molecule has 0 aliphatic carbocycles. The number of halogens is 3. The van der Waals surface area contributed by atoms with Gasteiger partial charge < -0.3 is 69.0 Å². The lowest BCUT2D eigenvalue weighted by Gasteiger charge is -2.40. The van der Waals surface area contributed by atoms with Crippen molar-refractivity contribution >= 4 is 93.8 Å². The Bertz CT molecular complexity index is 2310. The molecule has 0 saturated carbocycles. The minimum atomic E-state index is -0.872. The summed E-state index contributed by atoms with van der Waals surface area (Å²) in [6.45, 7) is 9.10. The molecule has 6 rings (SSSR count). The van der Waals surface area contributed by atoms with E-state index in [9.17, 15) is 33.6 Å². The van der Waals surface area contributed by atoms with E-state index in [1.54, 1.807) is 35.5 Å². The first-order chi connectivity index (χ1) is 30.3. The van der Waals surface area contributed by atoms with Crippen LogP contribution in [0.25, 0.3) is 0 Å². The minimum absolute atomic E-state index is 0.00199. The molecule has 65 heavy (non-hydrogen) atoms. The fourth-order valence-corrected chi connectivity index (χ4v) is 7.03. The highest BCUT2D eigenvalue weighted by Crippen LogP contribution is 2.24. The van der Waals surface area contributed by atoms with Gasteiger partial charge in [0.25, 0.3) is 17.7 Å². The maximum absolute atomic E-state index is 12.2. The third kappa shape index (κ3) is 14.3. The van der Waals surface area contributed by atoms with Crippen LogP contribution in [0.5, 0.6) is 0 Å². The zero-order valence-corrected chi connectivity index (χ0v) is 37.9. The molecule has 0 radical (unpaired) electrons. The van der Waals surface area contributed by atoms with Gasteiger partial charge in [-0.25, -0.2) is 34.7 Å². The van der Waals surface area contributed by atoms with Crippen molar-refractivity contribution in [2.45, 2.75) is 44.5 Å². The Morgan fingerprint density at radius 1 is 0.585 bits per heavy atom. The van der Waals surface area contributed by atoms with Crippen LogP contribution in [0.15, 0.2) is 18.2 Å². The van der Waals surface area contributed by atoms with Gasteiger partial charge in [0.05, 0.1) is 6.54 Å². The number of hydrogen-bond acceptors (Lipinski definition) is 19. The summed E-state index contributed by atoms with van der Waals surface area (Å²) >= 11 is 17.4. The molecule has 3 saturated heterocycles. The van der Waals surface area contributed by atoms with Gasteiger partial charge in [0.2, 0.25) is 33.6 Å². The first-order valence-corrected chi connectivity index (χ1v) is 20.6. The van der Waals surface area contributed by atoms with Crippen LogP contribution in [0.4, 0.5) is 22.2 Å². The Balaban J connectivity index is 0.000000217. The van der Waals surface area contributed by atoms with Gasteiger partial charge in [-0.1, -0.05) is 0 Å². The highest BCUT2D eigenvalue weighted by Gasteiger charge is 2.37. The Morgan fingerprint density at radius 2 is 0.969 bits per heavy atom. The zero-order chi connectivity index (χ0) is 48.5. The fourth-order valence-electron chi connectivity index (χ4n) is 6.50. The van der Waals surface area contributed by atoms with Crippen LogP contribution in [0, 0.1) is 0 Å². The molecular formula is C36H49Cl3N18O8. The van der Waals surface area contributed by atoms with E-state index in [4.69, 9.17) is 73.9 Å². The van der Waals surface area contributed by atoms with Gasteiger partial charge in [-0.2, -0.15) is 0 Å². The Hall–Kier alpha value is -6.48. The van der Waals surface area contributed by atoms with Gasteiger partial charge in [0, 0.05) is 70.6 Å². The molecular weight excluding hydrogens is 919 g/mol. The first kappa shape index (κ1) is 51.2.